The number of halogens is 1. The molecule has 0 aliphatic heterocycles. The van der Waals surface area contributed by atoms with E-state index in [0.717, 1.165) is 10.1 Å². The largest absolute Gasteiger partial charge is 0.506 e. The molecular weight excluding hydrogens is 224 g/mol. The van der Waals surface area contributed by atoms with E-state index in [2.05, 4.69) is 0 Å². The Hall–Kier alpha value is -0.380. The predicted molar refractivity (Wildman–Crippen MR) is 60.3 cm³/mol. The molecule has 2 rings (SSSR count). The van der Waals surface area contributed by atoms with Crippen molar-refractivity contribution in [2.75, 3.05) is 6.26 Å². The average molecular weight is 231 g/mol. The lowest BCUT2D eigenvalue weighted by atomic mass is 10.2. The summed E-state index contributed by atoms with van der Waals surface area (Å²) in [5, 5.41) is 10.8. The van der Waals surface area contributed by atoms with E-state index in [-0.39, 0.29) is 5.75 Å². The first-order valence-electron chi connectivity index (χ1n) is 3.67. The molecule has 0 aliphatic rings. The molecule has 0 amide bonds. The van der Waals surface area contributed by atoms with Gasteiger partial charge in [-0.2, -0.15) is 0 Å². The number of phenols is 1. The molecule has 1 aromatic heterocycles. The van der Waals surface area contributed by atoms with E-state index in [1.807, 2.05) is 18.4 Å². The van der Waals surface area contributed by atoms with Gasteiger partial charge in [0.15, 0.2) is 0 Å². The Balaban J connectivity index is 2.76. The number of phenolic OH excluding ortho intramolecular Hbond substituents is 1. The minimum absolute atomic E-state index is 0.152. The summed E-state index contributed by atoms with van der Waals surface area (Å²) in [5.41, 5.74) is 0. The quantitative estimate of drug-likeness (QED) is 0.748. The number of aromatic hydroxyl groups is 1. The van der Waals surface area contributed by atoms with Crippen molar-refractivity contribution in [2.45, 2.75) is 4.21 Å². The first-order valence-corrected chi connectivity index (χ1v) is 6.09. The number of rotatable bonds is 1. The Kier molecular flexibility index (Phi) is 2.41. The summed E-state index contributed by atoms with van der Waals surface area (Å²) < 4.78 is 2.33. The van der Waals surface area contributed by atoms with Gasteiger partial charge in [0.25, 0.3) is 0 Å². The Bertz CT molecular complexity index is 450. The Morgan fingerprint density at radius 3 is 2.92 bits per heavy atom. The minimum atomic E-state index is 0.152. The van der Waals surface area contributed by atoms with E-state index in [9.17, 15) is 5.11 Å². The van der Waals surface area contributed by atoms with Crippen LogP contribution < -0.4 is 0 Å². The molecule has 1 N–H and O–H groups in total. The number of hydrogen-bond donors (Lipinski definition) is 1. The van der Waals surface area contributed by atoms with Crippen molar-refractivity contribution < 1.29 is 5.11 Å². The first kappa shape index (κ1) is 9.19. The van der Waals surface area contributed by atoms with Crippen LogP contribution in [0.15, 0.2) is 22.4 Å². The molecule has 0 radical (unpaired) electrons. The van der Waals surface area contributed by atoms with Crippen LogP contribution in [0.2, 0.25) is 5.02 Å². The monoisotopic (exact) mass is 230 g/mol. The highest BCUT2D eigenvalue weighted by Crippen LogP contribution is 2.39. The maximum Gasteiger partial charge on any atom is 0.134 e. The molecule has 0 bridgehead atoms. The lowest BCUT2D eigenvalue weighted by Gasteiger charge is -1.95. The van der Waals surface area contributed by atoms with Gasteiger partial charge in [-0.15, -0.1) is 23.1 Å². The zero-order valence-electron chi connectivity index (χ0n) is 6.87. The van der Waals surface area contributed by atoms with Crippen LogP contribution in [0.5, 0.6) is 5.75 Å². The van der Waals surface area contributed by atoms with Crippen molar-refractivity contribution in [2.24, 2.45) is 0 Å². The summed E-state index contributed by atoms with van der Waals surface area (Å²) in [6, 6.07) is 5.53. The molecule has 0 saturated carbocycles. The lowest BCUT2D eigenvalue weighted by Crippen LogP contribution is -1.67. The molecule has 0 atom stereocenters. The molecule has 0 fully saturated rings. The molecule has 1 aromatic carbocycles. The molecule has 0 saturated heterocycles. The summed E-state index contributed by atoms with van der Waals surface area (Å²) in [7, 11) is 0. The van der Waals surface area contributed by atoms with Crippen molar-refractivity contribution in [3.05, 3.63) is 23.2 Å². The molecular formula is C9H7ClOS2. The second-order valence-electron chi connectivity index (χ2n) is 2.58. The SMILES string of the molecule is CSc1cc2c(Cl)c(O)ccc2s1. The van der Waals surface area contributed by atoms with E-state index in [4.69, 9.17) is 11.6 Å². The second kappa shape index (κ2) is 3.40. The smallest absolute Gasteiger partial charge is 0.134 e. The Morgan fingerprint density at radius 2 is 2.23 bits per heavy atom. The highest BCUT2D eigenvalue weighted by Gasteiger charge is 2.07. The van der Waals surface area contributed by atoms with Gasteiger partial charge < -0.3 is 5.11 Å². The number of thioether (sulfide) groups is 1. The molecule has 2 aromatic rings. The van der Waals surface area contributed by atoms with E-state index in [1.165, 1.54) is 4.21 Å². The number of benzene rings is 1. The van der Waals surface area contributed by atoms with Crippen LogP contribution in [0, 0.1) is 0 Å². The van der Waals surface area contributed by atoms with Crippen LogP contribution in [0.3, 0.4) is 0 Å². The maximum absolute atomic E-state index is 9.37. The Morgan fingerprint density at radius 1 is 1.46 bits per heavy atom. The average Bonchev–Trinajstić information content (AvgIpc) is 2.55. The van der Waals surface area contributed by atoms with E-state index in [1.54, 1.807) is 29.2 Å². The number of fused-ring (bicyclic) bond motifs is 1. The zero-order chi connectivity index (χ0) is 9.42. The zero-order valence-corrected chi connectivity index (χ0v) is 9.26. The van der Waals surface area contributed by atoms with E-state index in [0.29, 0.717) is 5.02 Å². The summed E-state index contributed by atoms with van der Waals surface area (Å²) in [6.45, 7) is 0. The van der Waals surface area contributed by atoms with Gasteiger partial charge in [0.05, 0.1) is 9.23 Å². The van der Waals surface area contributed by atoms with Gasteiger partial charge in [-0.1, -0.05) is 11.6 Å². The molecule has 68 valence electrons. The topological polar surface area (TPSA) is 20.2 Å². The molecule has 1 nitrogen and oxygen atoms in total. The maximum atomic E-state index is 9.37. The third-order valence-electron chi connectivity index (χ3n) is 1.79. The van der Waals surface area contributed by atoms with Crippen molar-refractivity contribution in [1.29, 1.82) is 0 Å². The van der Waals surface area contributed by atoms with Crippen LogP contribution in [0.4, 0.5) is 0 Å². The van der Waals surface area contributed by atoms with Gasteiger partial charge in [0, 0.05) is 10.1 Å². The van der Waals surface area contributed by atoms with Crippen molar-refractivity contribution in [3.63, 3.8) is 0 Å². The lowest BCUT2D eigenvalue weighted by molar-refractivity contribution is 0.476. The van der Waals surface area contributed by atoms with Crippen LogP contribution in [0.1, 0.15) is 0 Å². The van der Waals surface area contributed by atoms with Crippen LogP contribution in [-0.4, -0.2) is 11.4 Å². The fourth-order valence-corrected chi connectivity index (χ4v) is 3.06. The molecule has 0 spiro atoms. The summed E-state index contributed by atoms with van der Waals surface area (Å²) in [4.78, 5) is 0. The highest BCUT2D eigenvalue weighted by atomic mass is 35.5. The molecule has 4 heteroatoms. The normalized spacial score (nSPS) is 10.9. The Labute approximate surface area is 89.3 Å². The fraction of sp³-hybridized carbons (Fsp3) is 0.111. The van der Waals surface area contributed by atoms with Gasteiger partial charge in [-0.3, -0.25) is 0 Å². The molecule has 0 unspecified atom stereocenters. The van der Waals surface area contributed by atoms with Crippen molar-refractivity contribution in [3.8, 4) is 5.75 Å². The van der Waals surface area contributed by atoms with Gasteiger partial charge in [-0.05, 0) is 24.5 Å². The van der Waals surface area contributed by atoms with E-state index >= 15 is 0 Å². The summed E-state index contributed by atoms with van der Waals surface area (Å²) in [5.74, 6) is 0.152. The standard InChI is InChI=1S/C9H7ClOS2/c1-12-8-4-5-7(13-8)3-2-6(11)9(5)10/h2-4,11H,1H3. The minimum Gasteiger partial charge on any atom is -0.506 e. The first-order chi connectivity index (χ1) is 6.22. The van der Waals surface area contributed by atoms with Crippen LogP contribution >= 0.6 is 34.7 Å². The predicted octanol–water partition coefficient (Wildman–Crippen LogP) is 3.98. The van der Waals surface area contributed by atoms with Crippen LogP contribution in [0.25, 0.3) is 10.1 Å². The van der Waals surface area contributed by atoms with Gasteiger partial charge in [-0.25, -0.2) is 0 Å². The second-order valence-corrected chi connectivity index (χ2v) is 5.15. The fourth-order valence-electron chi connectivity index (χ4n) is 1.14. The van der Waals surface area contributed by atoms with Gasteiger partial charge in [0.2, 0.25) is 0 Å². The number of thiophene rings is 1. The third-order valence-corrected chi connectivity index (χ3v) is 4.36. The van der Waals surface area contributed by atoms with Gasteiger partial charge >= 0.3 is 0 Å². The molecule has 13 heavy (non-hydrogen) atoms. The number of hydrogen-bond acceptors (Lipinski definition) is 3. The molecule has 0 aliphatic carbocycles. The van der Waals surface area contributed by atoms with Gasteiger partial charge in [0.1, 0.15) is 5.75 Å². The van der Waals surface area contributed by atoms with Crippen molar-refractivity contribution >= 4 is 44.8 Å². The van der Waals surface area contributed by atoms with E-state index < -0.39 is 0 Å². The summed E-state index contributed by atoms with van der Waals surface area (Å²) in [6.07, 6.45) is 2.03. The summed E-state index contributed by atoms with van der Waals surface area (Å²) >= 11 is 9.32. The van der Waals surface area contributed by atoms with Crippen molar-refractivity contribution in [1.82, 2.24) is 0 Å². The highest BCUT2D eigenvalue weighted by molar-refractivity contribution is 8.00. The van der Waals surface area contributed by atoms with Crippen LogP contribution in [-0.2, 0) is 0 Å². The third kappa shape index (κ3) is 1.52. The molecule has 1 heterocycles.